The van der Waals surface area contributed by atoms with Crippen LogP contribution in [0.5, 0.6) is 0 Å². The van der Waals surface area contributed by atoms with Gasteiger partial charge in [-0.25, -0.2) is 0 Å². The van der Waals surface area contributed by atoms with Crippen molar-refractivity contribution in [3.05, 3.63) is 52.1 Å². The van der Waals surface area contributed by atoms with Crippen LogP contribution in [0.15, 0.2) is 35.4 Å². The topological polar surface area (TPSA) is 12.0 Å². The number of aryl methyl sites for hydroxylation is 1. The molecule has 0 aliphatic rings. The van der Waals surface area contributed by atoms with Gasteiger partial charge in [-0.2, -0.15) is 0 Å². The van der Waals surface area contributed by atoms with Crippen LogP contribution in [-0.2, 0) is 0 Å². The maximum atomic E-state index is 3.46. The van der Waals surface area contributed by atoms with Gasteiger partial charge in [0.2, 0.25) is 0 Å². The second-order valence-corrected chi connectivity index (χ2v) is 9.86. The maximum absolute atomic E-state index is 3.46. The van der Waals surface area contributed by atoms with Crippen LogP contribution >= 0.6 is 0 Å². The highest BCUT2D eigenvalue weighted by molar-refractivity contribution is 5.79. The van der Waals surface area contributed by atoms with Crippen molar-refractivity contribution in [2.24, 2.45) is 5.41 Å². The molecule has 1 aromatic carbocycles. The molecule has 0 saturated carbocycles. The molecule has 174 valence electrons. The fourth-order valence-electron chi connectivity index (χ4n) is 4.18. The first-order valence-electron chi connectivity index (χ1n) is 12.5. The van der Waals surface area contributed by atoms with E-state index in [1.54, 1.807) is 0 Å². The van der Waals surface area contributed by atoms with Crippen molar-refractivity contribution in [3.8, 4) is 0 Å². The van der Waals surface area contributed by atoms with Gasteiger partial charge in [0.15, 0.2) is 0 Å². The molecule has 0 fully saturated rings. The van der Waals surface area contributed by atoms with E-state index in [9.17, 15) is 0 Å². The molecule has 1 rings (SSSR count). The SMILES string of the molecule is C/C=C(/C)CC(C)(C)/C(C)=C/c1cc(/C(=C\CCCCCC)CCC)c(NC)cc1C. The van der Waals surface area contributed by atoms with E-state index in [0.717, 1.165) is 12.8 Å². The Labute approximate surface area is 194 Å². The standard InChI is InChI=1S/C30H49N/c1-10-13-14-15-16-18-26(17-11-2)28-21-27(24(5)19-29(28)31-9)20-25(6)30(7,8)22-23(4)12-3/h12,18-21,31H,10-11,13-17,22H2,1-9H3/b23-12-,25-20+,26-18-. The van der Waals surface area contributed by atoms with Crippen LogP contribution < -0.4 is 5.32 Å². The average molecular weight is 424 g/mol. The van der Waals surface area contributed by atoms with Gasteiger partial charge < -0.3 is 5.32 Å². The Morgan fingerprint density at radius 2 is 1.74 bits per heavy atom. The van der Waals surface area contributed by atoms with E-state index in [2.05, 4.69) is 91.1 Å². The van der Waals surface area contributed by atoms with E-state index in [1.165, 1.54) is 77.6 Å². The van der Waals surface area contributed by atoms with Gasteiger partial charge in [0.25, 0.3) is 0 Å². The quantitative estimate of drug-likeness (QED) is 0.246. The summed E-state index contributed by atoms with van der Waals surface area (Å²) in [5, 5.41) is 3.46. The second-order valence-electron chi connectivity index (χ2n) is 9.86. The molecular weight excluding hydrogens is 374 g/mol. The Hall–Kier alpha value is -1.76. The highest BCUT2D eigenvalue weighted by atomic mass is 14.8. The molecule has 0 aliphatic carbocycles. The van der Waals surface area contributed by atoms with Crippen molar-refractivity contribution < 1.29 is 0 Å². The van der Waals surface area contributed by atoms with Crippen molar-refractivity contribution in [3.63, 3.8) is 0 Å². The minimum absolute atomic E-state index is 0.159. The minimum Gasteiger partial charge on any atom is -0.388 e. The normalized spacial score (nSPS) is 13.6. The average Bonchev–Trinajstić information content (AvgIpc) is 2.73. The molecule has 1 nitrogen and oxygen atoms in total. The van der Waals surface area contributed by atoms with Gasteiger partial charge in [-0.05, 0) is 87.6 Å². The zero-order chi connectivity index (χ0) is 23.4. The minimum atomic E-state index is 0.159. The fraction of sp³-hybridized carbons (Fsp3) is 0.600. The third kappa shape index (κ3) is 8.71. The molecule has 0 aliphatic heterocycles. The summed E-state index contributed by atoms with van der Waals surface area (Å²) in [6, 6.07) is 4.76. The van der Waals surface area contributed by atoms with Crippen LogP contribution in [0, 0.1) is 12.3 Å². The Morgan fingerprint density at radius 3 is 2.32 bits per heavy atom. The Kier molecular flexibility index (Phi) is 12.0. The molecule has 1 N–H and O–H groups in total. The third-order valence-electron chi connectivity index (χ3n) is 6.64. The highest BCUT2D eigenvalue weighted by Crippen LogP contribution is 2.36. The van der Waals surface area contributed by atoms with E-state index in [0.29, 0.717) is 0 Å². The van der Waals surface area contributed by atoms with Crippen LogP contribution in [0.25, 0.3) is 11.6 Å². The van der Waals surface area contributed by atoms with Crippen LogP contribution in [-0.4, -0.2) is 7.05 Å². The molecule has 0 heterocycles. The van der Waals surface area contributed by atoms with Gasteiger partial charge >= 0.3 is 0 Å². The zero-order valence-corrected chi connectivity index (χ0v) is 22.0. The number of nitrogens with one attached hydrogen (secondary N) is 1. The molecule has 0 atom stereocenters. The molecule has 0 saturated heterocycles. The molecule has 0 spiro atoms. The van der Waals surface area contributed by atoms with Crippen LogP contribution in [0.1, 0.15) is 117 Å². The number of unbranched alkanes of at least 4 members (excludes halogenated alkanes) is 4. The molecule has 1 aromatic rings. The summed E-state index contributed by atoms with van der Waals surface area (Å²) >= 11 is 0. The zero-order valence-electron chi connectivity index (χ0n) is 22.0. The van der Waals surface area contributed by atoms with Crippen LogP contribution in [0.4, 0.5) is 5.69 Å². The first kappa shape index (κ1) is 27.3. The summed E-state index contributed by atoms with van der Waals surface area (Å²) in [7, 11) is 2.05. The summed E-state index contributed by atoms with van der Waals surface area (Å²) in [5.74, 6) is 0. The number of hydrogen-bond donors (Lipinski definition) is 1. The predicted molar refractivity (Wildman–Crippen MR) is 144 cm³/mol. The molecule has 31 heavy (non-hydrogen) atoms. The molecule has 0 radical (unpaired) electrons. The first-order valence-corrected chi connectivity index (χ1v) is 12.5. The summed E-state index contributed by atoms with van der Waals surface area (Å²) in [5.41, 5.74) is 9.89. The van der Waals surface area contributed by atoms with Crippen molar-refractivity contribution in [1.82, 2.24) is 0 Å². The Bertz CT molecular complexity index is 774. The van der Waals surface area contributed by atoms with E-state index in [4.69, 9.17) is 0 Å². The monoisotopic (exact) mass is 423 g/mol. The van der Waals surface area contributed by atoms with E-state index in [1.807, 2.05) is 7.05 Å². The maximum Gasteiger partial charge on any atom is 0.0416 e. The third-order valence-corrected chi connectivity index (χ3v) is 6.64. The van der Waals surface area contributed by atoms with Crippen LogP contribution in [0.2, 0.25) is 0 Å². The molecule has 0 unspecified atom stereocenters. The summed E-state index contributed by atoms with van der Waals surface area (Å²) in [4.78, 5) is 0. The lowest BCUT2D eigenvalue weighted by Crippen LogP contribution is -2.13. The van der Waals surface area contributed by atoms with E-state index >= 15 is 0 Å². The smallest absolute Gasteiger partial charge is 0.0416 e. The molecular formula is C30H49N. The van der Waals surface area contributed by atoms with Crippen LogP contribution in [0.3, 0.4) is 0 Å². The first-order chi connectivity index (χ1) is 14.7. The Balaban J connectivity index is 3.33. The number of hydrogen-bond acceptors (Lipinski definition) is 1. The molecule has 0 aromatic heterocycles. The van der Waals surface area contributed by atoms with E-state index in [-0.39, 0.29) is 5.41 Å². The summed E-state index contributed by atoms with van der Waals surface area (Å²) < 4.78 is 0. The van der Waals surface area contributed by atoms with Gasteiger partial charge in [0.05, 0.1) is 0 Å². The van der Waals surface area contributed by atoms with Gasteiger partial charge in [0.1, 0.15) is 0 Å². The van der Waals surface area contributed by atoms with Gasteiger partial charge in [-0.3, -0.25) is 0 Å². The van der Waals surface area contributed by atoms with Crippen molar-refractivity contribution in [1.29, 1.82) is 0 Å². The lowest BCUT2D eigenvalue weighted by atomic mass is 9.78. The summed E-state index contributed by atoms with van der Waals surface area (Å²) in [6.07, 6.45) is 17.1. The van der Waals surface area contributed by atoms with Gasteiger partial charge in [-0.15, -0.1) is 0 Å². The second kappa shape index (κ2) is 13.6. The lowest BCUT2D eigenvalue weighted by molar-refractivity contribution is 0.444. The van der Waals surface area contributed by atoms with Crippen molar-refractivity contribution >= 4 is 17.3 Å². The molecule has 1 heteroatoms. The van der Waals surface area contributed by atoms with Gasteiger partial charge in [-0.1, -0.05) is 82.8 Å². The largest absolute Gasteiger partial charge is 0.388 e. The number of rotatable bonds is 13. The summed E-state index contributed by atoms with van der Waals surface area (Å²) in [6.45, 7) is 18.2. The van der Waals surface area contributed by atoms with Gasteiger partial charge in [0, 0.05) is 18.3 Å². The number of anilines is 1. The predicted octanol–water partition coefficient (Wildman–Crippen LogP) is 9.98. The van der Waals surface area contributed by atoms with Crippen molar-refractivity contribution in [2.75, 3.05) is 12.4 Å². The molecule has 0 amide bonds. The molecule has 0 bridgehead atoms. The number of benzene rings is 1. The highest BCUT2D eigenvalue weighted by Gasteiger charge is 2.21. The fourth-order valence-corrected chi connectivity index (χ4v) is 4.18. The lowest BCUT2D eigenvalue weighted by Gasteiger charge is -2.27. The van der Waals surface area contributed by atoms with E-state index < -0.39 is 0 Å². The van der Waals surface area contributed by atoms with Crippen molar-refractivity contribution in [2.45, 2.75) is 107 Å². The number of allylic oxidation sites excluding steroid dienone is 5. The Morgan fingerprint density at radius 1 is 1.03 bits per heavy atom.